The Balaban J connectivity index is 2.27. The molecule has 0 aliphatic rings. The number of pyridine rings is 1. The average molecular weight is 260 g/mol. The zero-order valence-electron chi connectivity index (χ0n) is 10.8. The summed E-state index contributed by atoms with van der Waals surface area (Å²) in [6.07, 6.45) is 3.37. The van der Waals surface area contributed by atoms with E-state index >= 15 is 0 Å². The predicted octanol–water partition coefficient (Wildman–Crippen LogP) is 3.12. The van der Waals surface area contributed by atoms with Gasteiger partial charge in [-0.3, -0.25) is 4.98 Å². The number of fused-ring (bicyclic) bond motifs is 1. The van der Waals surface area contributed by atoms with E-state index in [4.69, 9.17) is 0 Å². The van der Waals surface area contributed by atoms with E-state index in [1.54, 1.807) is 12.4 Å². The van der Waals surface area contributed by atoms with Gasteiger partial charge in [0.15, 0.2) is 0 Å². The first kappa shape index (κ1) is 12.9. The van der Waals surface area contributed by atoms with Crippen LogP contribution in [0.2, 0.25) is 0 Å². The van der Waals surface area contributed by atoms with Gasteiger partial charge in [0.1, 0.15) is 11.0 Å². The molecular weight excluding hydrogens is 244 g/mol. The van der Waals surface area contributed by atoms with Gasteiger partial charge in [0.25, 0.3) is 0 Å². The molecule has 0 aliphatic carbocycles. The lowest BCUT2D eigenvalue weighted by Gasteiger charge is -2.12. The van der Waals surface area contributed by atoms with Crippen molar-refractivity contribution >= 4 is 28.1 Å². The fourth-order valence-corrected chi connectivity index (χ4v) is 1.96. The van der Waals surface area contributed by atoms with E-state index in [2.05, 4.69) is 9.38 Å². The van der Waals surface area contributed by atoms with Crippen LogP contribution in [0.25, 0.3) is 10.9 Å². The van der Waals surface area contributed by atoms with Gasteiger partial charge >= 0.3 is 0 Å². The van der Waals surface area contributed by atoms with Crippen molar-refractivity contribution in [2.45, 2.75) is 25.5 Å². The van der Waals surface area contributed by atoms with Crippen LogP contribution in [0.1, 0.15) is 26.3 Å². The van der Waals surface area contributed by atoms with Crippen molar-refractivity contribution in [1.82, 2.24) is 4.98 Å². The quantitative estimate of drug-likeness (QED) is 0.779. The normalized spacial score (nSPS) is 14.2. The van der Waals surface area contributed by atoms with Gasteiger partial charge < -0.3 is 0 Å². The molecular formula is C14H16N2OS. The maximum absolute atomic E-state index is 11.8. The fourth-order valence-electron chi connectivity index (χ4n) is 1.43. The van der Waals surface area contributed by atoms with Crippen LogP contribution in [-0.2, 0) is 11.0 Å². The number of nitrogens with zero attached hydrogens (tertiary/aromatic N) is 2. The first-order valence-electron chi connectivity index (χ1n) is 5.78. The second-order valence-electron chi connectivity index (χ2n) is 5.06. The molecule has 0 saturated carbocycles. The molecule has 0 N–H and O–H groups in total. The van der Waals surface area contributed by atoms with Gasteiger partial charge in [0.2, 0.25) is 0 Å². The van der Waals surface area contributed by atoms with E-state index in [0.717, 1.165) is 16.5 Å². The second kappa shape index (κ2) is 4.98. The van der Waals surface area contributed by atoms with E-state index in [1.165, 1.54) is 0 Å². The third kappa shape index (κ3) is 3.01. The van der Waals surface area contributed by atoms with Crippen molar-refractivity contribution in [2.24, 2.45) is 4.40 Å². The van der Waals surface area contributed by atoms with Crippen LogP contribution in [0.5, 0.6) is 0 Å². The molecule has 1 aromatic heterocycles. The van der Waals surface area contributed by atoms with Crippen LogP contribution in [0.4, 0.5) is 0 Å². The molecule has 0 aliphatic heterocycles. The highest BCUT2D eigenvalue weighted by atomic mass is 32.2. The molecule has 2 rings (SSSR count). The summed E-state index contributed by atoms with van der Waals surface area (Å²) in [5.74, 6) is 0. The van der Waals surface area contributed by atoms with Crippen molar-refractivity contribution in [3.63, 3.8) is 0 Å². The van der Waals surface area contributed by atoms with Crippen molar-refractivity contribution < 1.29 is 4.21 Å². The van der Waals surface area contributed by atoms with Gasteiger partial charge in [-0.1, -0.05) is 18.2 Å². The predicted molar refractivity (Wildman–Crippen MR) is 77.2 cm³/mol. The molecule has 0 unspecified atom stereocenters. The van der Waals surface area contributed by atoms with Crippen molar-refractivity contribution in [3.05, 3.63) is 42.1 Å². The molecule has 0 fully saturated rings. The van der Waals surface area contributed by atoms with Crippen molar-refractivity contribution in [1.29, 1.82) is 0 Å². The Labute approximate surface area is 110 Å². The molecule has 0 spiro atoms. The lowest BCUT2D eigenvalue weighted by Crippen LogP contribution is -2.19. The molecule has 94 valence electrons. The summed E-state index contributed by atoms with van der Waals surface area (Å²) in [5, 5.41) is 1.06. The van der Waals surface area contributed by atoms with Crippen LogP contribution in [0.3, 0.4) is 0 Å². The minimum Gasteiger partial charge on any atom is -0.256 e. The molecule has 3 nitrogen and oxygen atoms in total. The SMILES string of the molecule is CC(C)(C)[S@](=O)/N=C/c1cnc2ccccc2c1. The van der Waals surface area contributed by atoms with Gasteiger partial charge in [-0.25, -0.2) is 4.21 Å². The Morgan fingerprint density at radius 3 is 2.72 bits per heavy atom. The number of para-hydroxylation sites is 1. The van der Waals surface area contributed by atoms with Crippen molar-refractivity contribution in [3.8, 4) is 0 Å². The van der Waals surface area contributed by atoms with Crippen molar-refractivity contribution in [2.75, 3.05) is 0 Å². The van der Waals surface area contributed by atoms with E-state index in [0.29, 0.717) is 0 Å². The minimum atomic E-state index is -1.23. The van der Waals surface area contributed by atoms with Gasteiger partial charge in [-0.2, -0.15) is 4.40 Å². The topological polar surface area (TPSA) is 42.3 Å². The zero-order chi connectivity index (χ0) is 13.2. The molecule has 1 aromatic carbocycles. The highest BCUT2D eigenvalue weighted by Crippen LogP contribution is 2.14. The Morgan fingerprint density at radius 1 is 1.28 bits per heavy atom. The van der Waals surface area contributed by atoms with Gasteiger partial charge in [-0.15, -0.1) is 0 Å². The summed E-state index contributed by atoms with van der Waals surface area (Å²) in [6.45, 7) is 5.71. The molecule has 0 radical (unpaired) electrons. The summed E-state index contributed by atoms with van der Waals surface area (Å²) >= 11 is 0. The van der Waals surface area contributed by atoms with Crippen LogP contribution < -0.4 is 0 Å². The van der Waals surface area contributed by atoms with Crippen LogP contribution in [-0.4, -0.2) is 20.2 Å². The van der Waals surface area contributed by atoms with Gasteiger partial charge in [0, 0.05) is 23.4 Å². The number of hydrogen-bond donors (Lipinski definition) is 0. The summed E-state index contributed by atoms with van der Waals surface area (Å²) in [6, 6.07) is 9.88. The molecule has 0 saturated heterocycles. The minimum absolute atomic E-state index is 0.333. The Morgan fingerprint density at radius 2 is 2.00 bits per heavy atom. The number of hydrogen-bond acceptors (Lipinski definition) is 2. The van der Waals surface area contributed by atoms with Gasteiger partial charge in [0.05, 0.1) is 10.3 Å². The van der Waals surface area contributed by atoms with Gasteiger partial charge in [-0.05, 0) is 32.9 Å². The van der Waals surface area contributed by atoms with Crippen LogP contribution in [0.15, 0.2) is 40.9 Å². The molecule has 1 heterocycles. The molecule has 2 aromatic rings. The average Bonchev–Trinajstić information content (AvgIpc) is 2.34. The smallest absolute Gasteiger partial charge is 0.144 e. The highest BCUT2D eigenvalue weighted by Gasteiger charge is 2.18. The fraction of sp³-hybridized carbons (Fsp3) is 0.286. The van der Waals surface area contributed by atoms with E-state index in [1.807, 2.05) is 51.1 Å². The first-order valence-corrected chi connectivity index (χ1v) is 6.88. The van der Waals surface area contributed by atoms with E-state index in [-0.39, 0.29) is 4.75 Å². The van der Waals surface area contributed by atoms with Crippen LogP contribution in [0, 0.1) is 0 Å². The monoisotopic (exact) mass is 260 g/mol. The van der Waals surface area contributed by atoms with Crippen LogP contribution >= 0.6 is 0 Å². The first-order chi connectivity index (χ1) is 8.47. The second-order valence-corrected chi connectivity index (χ2v) is 6.99. The molecule has 18 heavy (non-hydrogen) atoms. The maximum Gasteiger partial charge on any atom is 0.144 e. The third-order valence-corrected chi connectivity index (χ3v) is 3.78. The maximum atomic E-state index is 11.8. The number of benzene rings is 1. The highest BCUT2D eigenvalue weighted by molar-refractivity contribution is 7.85. The molecule has 0 bridgehead atoms. The molecule has 4 heteroatoms. The molecule has 0 amide bonds. The van der Waals surface area contributed by atoms with E-state index in [9.17, 15) is 4.21 Å². The summed E-state index contributed by atoms with van der Waals surface area (Å²) in [7, 11) is -1.23. The standard InChI is InChI=1S/C14H16N2OS/c1-14(2,3)18(17)16-10-11-8-12-6-4-5-7-13(12)15-9-11/h4-10H,1-3H3/b16-10+/t18-/m0/s1. The summed E-state index contributed by atoms with van der Waals surface area (Å²) < 4.78 is 15.5. The summed E-state index contributed by atoms with van der Waals surface area (Å²) in [5.41, 5.74) is 1.82. The molecule has 1 atom stereocenters. The summed E-state index contributed by atoms with van der Waals surface area (Å²) in [4.78, 5) is 4.33. The lowest BCUT2D eigenvalue weighted by molar-refractivity contribution is 0.651. The van der Waals surface area contributed by atoms with E-state index < -0.39 is 11.0 Å². The Hall–Kier alpha value is -1.55. The Bertz CT molecular complexity index is 614. The third-order valence-electron chi connectivity index (χ3n) is 2.43. The largest absolute Gasteiger partial charge is 0.256 e. The zero-order valence-corrected chi connectivity index (χ0v) is 11.6. The number of aromatic nitrogens is 1. The lowest BCUT2D eigenvalue weighted by atomic mass is 10.2. The Kier molecular flexibility index (Phi) is 3.57. The number of rotatable bonds is 2.